The molecule has 2 aromatic heterocycles. The second-order valence-electron chi connectivity index (χ2n) is 4.60. The van der Waals surface area contributed by atoms with Crippen molar-refractivity contribution in [3.8, 4) is 11.3 Å². The van der Waals surface area contributed by atoms with Gasteiger partial charge in [-0.25, -0.2) is 4.98 Å². The smallest absolute Gasteiger partial charge is 0.274 e. The van der Waals surface area contributed by atoms with E-state index >= 15 is 0 Å². The SMILES string of the molecule is O=C1CSCc2nc3nnnn3c(-c3ccc(Cl)cc3)c21. The normalized spacial score (nSPS) is 14.4. The van der Waals surface area contributed by atoms with Crippen molar-refractivity contribution in [1.82, 2.24) is 25.0 Å². The second kappa shape index (κ2) is 4.78. The molecule has 6 nitrogen and oxygen atoms in total. The monoisotopic (exact) mass is 317 g/mol. The molecule has 0 saturated carbocycles. The molecule has 8 heteroatoms. The van der Waals surface area contributed by atoms with Crippen LogP contribution in [-0.4, -0.2) is 36.6 Å². The number of thioether (sulfide) groups is 1. The van der Waals surface area contributed by atoms with Gasteiger partial charge in [0.2, 0.25) is 0 Å². The first-order valence-corrected chi connectivity index (χ1v) is 7.75. The van der Waals surface area contributed by atoms with Crippen molar-refractivity contribution < 1.29 is 4.79 Å². The number of fused-ring (bicyclic) bond motifs is 2. The van der Waals surface area contributed by atoms with Crippen molar-refractivity contribution in [2.75, 3.05) is 5.75 Å². The summed E-state index contributed by atoms with van der Waals surface area (Å²) in [5.41, 5.74) is 2.87. The fourth-order valence-corrected chi connectivity index (χ4v) is 3.36. The van der Waals surface area contributed by atoms with Gasteiger partial charge in [0, 0.05) is 16.3 Å². The number of Topliss-reactive ketones (excluding diaryl/α,β-unsaturated/α-hetero) is 1. The van der Waals surface area contributed by atoms with Gasteiger partial charge in [-0.15, -0.1) is 11.8 Å². The Kier molecular flexibility index (Phi) is 2.90. The molecular formula is C13H8ClN5OS. The number of tetrazole rings is 1. The Hall–Kier alpha value is -1.99. The second-order valence-corrected chi connectivity index (χ2v) is 6.02. The van der Waals surface area contributed by atoms with Gasteiger partial charge in [0.05, 0.1) is 22.7 Å². The molecule has 21 heavy (non-hydrogen) atoms. The van der Waals surface area contributed by atoms with Gasteiger partial charge in [-0.2, -0.15) is 4.52 Å². The molecule has 0 spiro atoms. The van der Waals surface area contributed by atoms with E-state index in [2.05, 4.69) is 20.5 Å². The van der Waals surface area contributed by atoms with Crippen LogP contribution in [-0.2, 0) is 5.75 Å². The first kappa shape index (κ1) is 12.7. The highest BCUT2D eigenvalue weighted by atomic mass is 35.5. The van der Waals surface area contributed by atoms with E-state index in [-0.39, 0.29) is 5.78 Å². The first-order chi connectivity index (χ1) is 10.2. The molecule has 3 heterocycles. The third kappa shape index (κ3) is 2.00. The number of halogens is 1. The Balaban J connectivity index is 2.09. The van der Waals surface area contributed by atoms with Gasteiger partial charge < -0.3 is 0 Å². The summed E-state index contributed by atoms with van der Waals surface area (Å²) in [6, 6.07) is 7.27. The minimum Gasteiger partial charge on any atom is -0.293 e. The quantitative estimate of drug-likeness (QED) is 0.685. The zero-order valence-electron chi connectivity index (χ0n) is 10.7. The summed E-state index contributed by atoms with van der Waals surface area (Å²) in [5, 5.41) is 12.2. The van der Waals surface area contributed by atoms with Crippen LogP contribution in [0.4, 0.5) is 0 Å². The summed E-state index contributed by atoms with van der Waals surface area (Å²) in [6.45, 7) is 0. The zero-order valence-corrected chi connectivity index (χ0v) is 12.2. The molecular weight excluding hydrogens is 310 g/mol. The molecule has 1 aromatic carbocycles. The van der Waals surface area contributed by atoms with E-state index in [0.717, 1.165) is 11.3 Å². The molecule has 0 atom stereocenters. The Morgan fingerprint density at radius 2 is 2.00 bits per heavy atom. The third-order valence-corrected chi connectivity index (χ3v) is 4.49. The molecule has 1 aliphatic heterocycles. The number of carbonyl (C=O) groups is 1. The standard InChI is InChI=1S/C13H8ClN5OS/c14-8-3-1-7(2-4-8)12-11-9(5-21-6-10(11)20)15-13-16-17-18-19(12)13/h1-4H,5-6H2. The summed E-state index contributed by atoms with van der Waals surface area (Å²) in [7, 11) is 0. The summed E-state index contributed by atoms with van der Waals surface area (Å²) in [6.07, 6.45) is 0. The minimum absolute atomic E-state index is 0.0519. The van der Waals surface area contributed by atoms with Gasteiger partial charge in [0.15, 0.2) is 5.78 Å². The van der Waals surface area contributed by atoms with E-state index in [9.17, 15) is 4.79 Å². The van der Waals surface area contributed by atoms with Crippen molar-refractivity contribution >= 4 is 34.9 Å². The molecule has 3 aromatic rings. The number of benzene rings is 1. The summed E-state index contributed by atoms with van der Waals surface area (Å²) >= 11 is 7.49. The van der Waals surface area contributed by atoms with E-state index in [0.29, 0.717) is 33.6 Å². The fraction of sp³-hybridized carbons (Fsp3) is 0.154. The lowest BCUT2D eigenvalue weighted by atomic mass is 10.0. The van der Waals surface area contributed by atoms with Crippen LogP contribution in [0.2, 0.25) is 5.02 Å². The molecule has 104 valence electrons. The molecule has 0 unspecified atom stereocenters. The summed E-state index contributed by atoms with van der Waals surface area (Å²) in [5.74, 6) is 1.58. The molecule has 0 amide bonds. The van der Waals surface area contributed by atoms with Crippen LogP contribution in [0.3, 0.4) is 0 Å². The predicted molar refractivity (Wildman–Crippen MR) is 79.5 cm³/mol. The largest absolute Gasteiger partial charge is 0.293 e. The number of ketones is 1. The molecule has 0 saturated heterocycles. The van der Waals surface area contributed by atoms with Crippen LogP contribution in [0, 0.1) is 0 Å². The summed E-state index contributed by atoms with van der Waals surface area (Å²) in [4.78, 5) is 16.7. The van der Waals surface area contributed by atoms with Crippen molar-refractivity contribution in [2.45, 2.75) is 5.75 Å². The first-order valence-electron chi connectivity index (χ1n) is 6.22. The highest BCUT2D eigenvalue weighted by Gasteiger charge is 2.27. The van der Waals surface area contributed by atoms with Gasteiger partial charge in [-0.1, -0.05) is 28.8 Å². The fourth-order valence-electron chi connectivity index (χ4n) is 2.40. The third-order valence-electron chi connectivity index (χ3n) is 3.29. The highest BCUT2D eigenvalue weighted by Crippen LogP contribution is 2.32. The van der Waals surface area contributed by atoms with Crippen molar-refractivity contribution in [3.63, 3.8) is 0 Å². The molecule has 0 aliphatic carbocycles. The van der Waals surface area contributed by atoms with Crippen LogP contribution in [0.15, 0.2) is 24.3 Å². The Bertz CT molecular complexity index is 861. The van der Waals surface area contributed by atoms with Crippen LogP contribution in [0.5, 0.6) is 0 Å². The van der Waals surface area contributed by atoms with E-state index in [4.69, 9.17) is 11.6 Å². The maximum Gasteiger partial charge on any atom is 0.274 e. The lowest BCUT2D eigenvalue weighted by Crippen LogP contribution is -2.18. The van der Waals surface area contributed by atoms with E-state index in [1.807, 2.05) is 12.1 Å². The zero-order chi connectivity index (χ0) is 14.4. The highest BCUT2D eigenvalue weighted by molar-refractivity contribution is 7.99. The number of aromatic nitrogens is 5. The maximum atomic E-state index is 12.3. The average Bonchev–Trinajstić information content (AvgIpc) is 2.94. The average molecular weight is 318 g/mol. The van der Waals surface area contributed by atoms with Gasteiger partial charge in [0.25, 0.3) is 5.78 Å². The predicted octanol–water partition coefficient (Wildman–Crippen LogP) is 2.27. The van der Waals surface area contributed by atoms with Gasteiger partial charge in [-0.05, 0) is 22.6 Å². The van der Waals surface area contributed by atoms with Crippen LogP contribution < -0.4 is 0 Å². The molecule has 1 aliphatic rings. The minimum atomic E-state index is 0.0519. The summed E-state index contributed by atoms with van der Waals surface area (Å²) < 4.78 is 1.51. The lowest BCUT2D eigenvalue weighted by molar-refractivity contribution is 0.102. The maximum absolute atomic E-state index is 12.3. The molecule has 0 radical (unpaired) electrons. The Labute approximate surface area is 128 Å². The van der Waals surface area contributed by atoms with Crippen LogP contribution in [0.25, 0.3) is 17.0 Å². The lowest BCUT2D eigenvalue weighted by Gasteiger charge is -2.17. The number of hydrogen-bond donors (Lipinski definition) is 0. The van der Waals surface area contributed by atoms with E-state index in [1.54, 1.807) is 23.9 Å². The number of carbonyl (C=O) groups excluding carboxylic acids is 1. The molecule has 0 fully saturated rings. The Morgan fingerprint density at radius 3 is 2.81 bits per heavy atom. The molecule has 0 N–H and O–H groups in total. The number of rotatable bonds is 1. The number of hydrogen-bond acceptors (Lipinski definition) is 6. The van der Waals surface area contributed by atoms with Crippen molar-refractivity contribution in [2.24, 2.45) is 0 Å². The van der Waals surface area contributed by atoms with Gasteiger partial charge >= 0.3 is 0 Å². The van der Waals surface area contributed by atoms with Crippen molar-refractivity contribution in [3.05, 3.63) is 40.5 Å². The Morgan fingerprint density at radius 1 is 1.19 bits per heavy atom. The van der Waals surface area contributed by atoms with Crippen LogP contribution >= 0.6 is 23.4 Å². The van der Waals surface area contributed by atoms with E-state index in [1.165, 1.54) is 4.52 Å². The van der Waals surface area contributed by atoms with E-state index < -0.39 is 0 Å². The molecule has 0 bridgehead atoms. The number of nitrogens with zero attached hydrogens (tertiary/aromatic N) is 5. The topological polar surface area (TPSA) is 73.0 Å². The molecule has 4 rings (SSSR count). The van der Waals surface area contributed by atoms with Gasteiger partial charge in [-0.3, -0.25) is 4.79 Å². The van der Waals surface area contributed by atoms with Crippen LogP contribution in [0.1, 0.15) is 16.1 Å². The van der Waals surface area contributed by atoms with Crippen molar-refractivity contribution in [1.29, 1.82) is 0 Å². The van der Waals surface area contributed by atoms with Gasteiger partial charge in [0.1, 0.15) is 0 Å².